The molecule has 0 saturated heterocycles. The van der Waals surface area contributed by atoms with Crippen molar-refractivity contribution in [3.63, 3.8) is 0 Å². The minimum atomic E-state index is -0.855. The molecule has 0 fully saturated rings. The molecule has 0 heterocycles. The van der Waals surface area contributed by atoms with Crippen LogP contribution in [-0.4, -0.2) is 33.8 Å². The number of nitrogens with zero attached hydrogens (tertiary/aromatic N) is 2. The monoisotopic (exact) mass is 403 g/mol. The number of nitro benzene ring substituents is 2. The third kappa shape index (κ3) is 5.04. The molecule has 2 amide bonds. The number of thiocarbonyl (C=S) groups is 1. The molecule has 2 rings (SSSR count). The first-order chi connectivity index (χ1) is 13.2. The van der Waals surface area contributed by atoms with Crippen LogP contribution in [0.15, 0.2) is 42.5 Å². The van der Waals surface area contributed by atoms with E-state index in [1.807, 2.05) is 0 Å². The van der Waals surface area contributed by atoms with Gasteiger partial charge in [-0.15, -0.1) is 0 Å². The molecule has 0 spiro atoms. The standard InChI is InChI=1S/C16H13N5O6S/c1-17-14(22)9-2-4-11(5-3-9)18-16(28)19-15(23)10-6-12(20(24)25)8-13(7-10)21(26)27/h2-8H,1H3,(H,17,22)(H2,18,19,23,28). The highest BCUT2D eigenvalue weighted by Gasteiger charge is 2.20. The smallest absolute Gasteiger partial charge is 0.277 e. The summed E-state index contributed by atoms with van der Waals surface area (Å²) in [5.41, 5.74) is -0.582. The van der Waals surface area contributed by atoms with Crippen LogP contribution in [0, 0.1) is 20.2 Å². The zero-order valence-electron chi connectivity index (χ0n) is 14.3. The van der Waals surface area contributed by atoms with Crippen molar-refractivity contribution >= 4 is 46.2 Å². The summed E-state index contributed by atoms with van der Waals surface area (Å²) >= 11 is 5.00. The number of carbonyl (C=O) groups excluding carboxylic acids is 2. The van der Waals surface area contributed by atoms with E-state index in [1.54, 1.807) is 12.1 Å². The van der Waals surface area contributed by atoms with Crippen molar-refractivity contribution in [1.82, 2.24) is 10.6 Å². The fourth-order valence-electron chi connectivity index (χ4n) is 2.12. The van der Waals surface area contributed by atoms with Crippen LogP contribution in [0.2, 0.25) is 0 Å². The van der Waals surface area contributed by atoms with E-state index in [0.29, 0.717) is 11.3 Å². The molecule has 0 bridgehead atoms. The molecule has 2 aromatic rings. The first-order valence-electron chi connectivity index (χ1n) is 7.59. The van der Waals surface area contributed by atoms with Crippen LogP contribution >= 0.6 is 12.2 Å². The minimum absolute atomic E-state index is 0.133. The number of nitro groups is 2. The van der Waals surface area contributed by atoms with E-state index in [1.165, 1.54) is 19.2 Å². The maximum Gasteiger partial charge on any atom is 0.277 e. The van der Waals surface area contributed by atoms with E-state index in [9.17, 15) is 29.8 Å². The van der Waals surface area contributed by atoms with E-state index in [4.69, 9.17) is 12.2 Å². The predicted octanol–water partition coefficient (Wildman–Crippen LogP) is 1.99. The van der Waals surface area contributed by atoms with Crippen LogP contribution < -0.4 is 16.0 Å². The molecule has 28 heavy (non-hydrogen) atoms. The Morgan fingerprint density at radius 2 is 1.43 bits per heavy atom. The number of non-ortho nitro benzene ring substituents is 2. The molecular weight excluding hydrogens is 390 g/mol. The lowest BCUT2D eigenvalue weighted by Crippen LogP contribution is -2.34. The van der Waals surface area contributed by atoms with Gasteiger partial charge in [0.15, 0.2) is 5.11 Å². The lowest BCUT2D eigenvalue weighted by molar-refractivity contribution is -0.394. The molecule has 12 heteroatoms. The van der Waals surface area contributed by atoms with Crippen LogP contribution in [0.5, 0.6) is 0 Å². The summed E-state index contributed by atoms with van der Waals surface area (Å²) < 4.78 is 0. The number of nitrogens with one attached hydrogen (secondary N) is 3. The van der Waals surface area contributed by atoms with E-state index in [-0.39, 0.29) is 16.6 Å². The van der Waals surface area contributed by atoms with Crippen molar-refractivity contribution in [3.05, 3.63) is 73.8 Å². The Bertz CT molecular complexity index is 944. The van der Waals surface area contributed by atoms with Crippen LogP contribution in [0.4, 0.5) is 17.1 Å². The zero-order valence-corrected chi connectivity index (χ0v) is 15.1. The average molecular weight is 403 g/mol. The van der Waals surface area contributed by atoms with Gasteiger partial charge in [0.25, 0.3) is 23.2 Å². The molecule has 0 aliphatic rings. The largest absolute Gasteiger partial charge is 0.355 e. The first kappa shape index (κ1) is 20.4. The van der Waals surface area contributed by atoms with Gasteiger partial charge in [-0.1, -0.05) is 0 Å². The van der Waals surface area contributed by atoms with Crippen molar-refractivity contribution < 1.29 is 19.4 Å². The van der Waals surface area contributed by atoms with E-state index >= 15 is 0 Å². The number of hydrogen-bond acceptors (Lipinski definition) is 7. The zero-order chi connectivity index (χ0) is 20.8. The summed E-state index contributed by atoms with van der Waals surface area (Å²) in [5.74, 6) is -1.12. The Kier molecular flexibility index (Phi) is 6.29. The van der Waals surface area contributed by atoms with Crippen molar-refractivity contribution in [3.8, 4) is 0 Å². The minimum Gasteiger partial charge on any atom is -0.355 e. The summed E-state index contributed by atoms with van der Waals surface area (Å²) in [6, 6.07) is 8.75. The molecule has 0 aromatic heterocycles. The van der Waals surface area contributed by atoms with Crippen LogP contribution in [0.1, 0.15) is 20.7 Å². The quantitative estimate of drug-likeness (QED) is 0.389. The SMILES string of the molecule is CNC(=O)c1ccc(NC(=S)NC(=O)c2cc([N+](=O)[O-])cc([N+](=O)[O-])c2)cc1. The van der Waals surface area contributed by atoms with Gasteiger partial charge in [-0.3, -0.25) is 35.1 Å². The average Bonchev–Trinajstić information content (AvgIpc) is 2.67. The molecule has 11 nitrogen and oxygen atoms in total. The lowest BCUT2D eigenvalue weighted by atomic mass is 10.1. The predicted molar refractivity (Wildman–Crippen MR) is 103 cm³/mol. The van der Waals surface area contributed by atoms with Gasteiger partial charge >= 0.3 is 0 Å². The van der Waals surface area contributed by atoms with Crippen molar-refractivity contribution in [2.24, 2.45) is 0 Å². The highest BCUT2D eigenvalue weighted by Crippen LogP contribution is 2.22. The Hall–Kier alpha value is -3.93. The van der Waals surface area contributed by atoms with Gasteiger partial charge in [-0.05, 0) is 36.5 Å². The molecule has 0 aliphatic carbocycles. The summed E-state index contributed by atoms with van der Waals surface area (Å²) in [7, 11) is 1.50. The van der Waals surface area contributed by atoms with Crippen LogP contribution in [0.25, 0.3) is 0 Å². The molecular formula is C16H13N5O6S. The highest BCUT2D eigenvalue weighted by atomic mass is 32.1. The number of amides is 2. The lowest BCUT2D eigenvalue weighted by Gasteiger charge is -2.10. The first-order valence-corrected chi connectivity index (χ1v) is 8.00. The number of carbonyl (C=O) groups is 2. The molecule has 144 valence electrons. The van der Waals surface area contributed by atoms with Gasteiger partial charge < -0.3 is 10.6 Å². The Morgan fingerprint density at radius 1 is 0.893 bits per heavy atom. The van der Waals surface area contributed by atoms with E-state index < -0.39 is 27.1 Å². The second-order valence-corrected chi connectivity index (χ2v) is 5.73. The molecule has 0 aliphatic heterocycles. The maximum atomic E-state index is 12.2. The molecule has 0 unspecified atom stereocenters. The van der Waals surface area contributed by atoms with Crippen molar-refractivity contribution in [1.29, 1.82) is 0 Å². The van der Waals surface area contributed by atoms with Crippen molar-refractivity contribution in [2.75, 3.05) is 12.4 Å². The number of hydrogen-bond donors (Lipinski definition) is 3. The van der Waals surface area contributed by atoms with E-state index in [0.717, 1.165) is 18.2 Å². The van der Waals surface area contributed by atoms with Crippen molar-refractivity contribution in [2.45, 2.75) is 0 Å². The maximum absolute atomic E-state index is 12.2. The third-order valence-corrected chi connectivity index (χ3v) is 3.65. The number of benzene rings is 2. The summed E-state index contributed by atoms with van der Waals surface area (Å²) in [4.78, 5) is 43.8. The Balaban J connectivity index is 2.12. The van der Waals surface area contributed by atoms with Gasteiger partial charge in [0.1, 0.15) is 0 Å². The summed E-state index contributed by atoms with van der Waals surface area (Å²) in [6.07, 6.45) is 0. The van der Waals surface area contributed by atoms with E-state index in [2.05, 4.69) is 16.0 Å². The summed E-state index contributed by atoms with van der Waals surface area (Å²) in [5, 5.41) is 29.1. The third-order valence-electron chi connectivity index (χ3n) is 3.45. The number of rotatable bonds is 5. The normalized spacial score (nSPS) is 9.89. The molecule has 0 saturated carbocycles. The van der Waals surface area contributed by atoms with Gasteiger partial charge in [0.2, 0.25) is 0 Å². The highest BCUT2D eigenvalue weighted by molar-refractivity contribution is 7.80. The fraction of sp³-hybridized carbons (Fsp3) is 0.0625. The number of anilines is 1. The second-order valence-electron chi connectivity index (χ2n) is 5.32. The molecule has 3 N–H and O–H groups in total. The summed E-state index contributed by atoms with van der Waals surface area (Å²) in [6.45, 7) is 0. The molecule has 2 aromatic carbocycles. The van der Waals surface area contributed by atoms with Gasteiger partial charge in [0, 0.05) is 30.4 Å². The van der Waals surface area contributed by atoms with Gasteiger partial charge in [-0.2, -0.15) is 0 Å². The molecule has 0 atom stereocenters. The Morgan fingerprint density at radius 3 is 1.89 bits per heavy atom. The van der Waals surface area contributed by atoms with Gasteiger partial charge in [0.05, 0.1) is 21.5 Å². The topological polar surface area (TPSA) is 157 Å². The van der Waals surface area contributed by atoms with Gasteiger partial charge in [-0.25, -0.2) is 0 Å². The fourth-order valence-corrected chi connectivity index (χ4v) is 2.33. The molecule has 0 radical (unpaired) electrons. The van der Waals surface area contributed by atoms with Crippen LogP contribution in [-0.2, 0) is 0 Å². The Labute approximate surface area is 163 Å². The van der Waals surface area contributed by atoms with Crippen LogP contribution in [0.3, 0.4) is 0 Å². The second kappa shape index (κ2) is 8.64.